The molecule has 7 nitrogen and oxygen atoms in total. The van der Waals surface area contributed by atoms with E-state index < -0.39 is 0 Å². The highest BCUT2D eigenvalue weighted by atomic mass is 79.9. The number of hydrazone groups is 1. The molecule has 2 aromatic carbocycles. The average molecular weight is 532 g/mol. The third-order valence-corrected chi connectivity index (χ3v) is 5.88. The van der Waals surface area contributed by atoms with Crippen LogP contribution in [-0.4, -0.2) is 44.0 Å². The van der Waals surface area contributed by atoms with Crippen molar-refractivity contribution in [2.24, 2.45) is 5.10 Å². The lowest BCUT2D eigenvalue weighted by Crippen LogP contribution is -2.25. The second-order valence-electron chi connectivity index (χ2n) is 8.53. The van der Waals surface area contributed by atoms with E-state index in [0.29, 0.717) is 38.7 Å². The molecule has 3 rings (SSSR count). The molecule has 34 heavy (non-hydrogen) atoms. The highest BCUT2D eigenvalue weighted by Crippen LogP contribution is 2.29. The summed E-state index contributed by atoms with van der Waals surface area (Å²) >= 11 is 3.57. The minimum absolute atomic E-state index is 0.0377. The third kappa shape index (κ3) is 8.33. The minimum atomic E-state index is -0.0377. The standard InChI is InChI=1S/C26H34BrN3O4/c1-18(2)28-12-4-13-32-21-7-10-25(22(27)17-21)34-15-5-14-33-24-9-6-20(16-19(24)3)23-8-11-26(31)30-29-23/h6-7,9-10,16-18,28H,4-5,8,11-15H2,1-3H3,(H,30,31). The van der Waals surface area contributed by atoms with Crippen molar-refractivity contribution in [2.45, 2.75) is 52.5 Å². The van der Waals surface area contributed by atoms with E-state index in [1.54, 1.807) is 0 Å². The van der Waals surface area contributed by atoms with Gasteiger partial charge in [-0.25, -0.2) is 5.43 Å². The van der Waals surface area contributed by atoms with Crippen molar-refractivity contribution in [3.8, 4) is 17.2 Å². The lowest BCUT2D eigenvalue weighted by molar-refractivity contribution is -0.121. The summed E-state index contributed by atoms with van der Waals surface area (Å²) in [4.78, 5) is 11.3. The van der Waals surface area contributed by atoms with E-state index in [-0.39, 0.29) is 5.91 Å². The van der Waals surface area contributed by atoms with Crippen molar-refractivity contribution >= 4 is 27.5 Å². The van der Waals surface area contributed by atoms with Gasteiger partial charge in [-0.3, -0.25) is 4.79 Å². The monoisotopic (exact) mass is 531 g/mol. The lowest BCUT2D eigenvalue weighted by atomic mass is 10.0. The normalized spacial score (nSPS) is 13.4. The second-order valence-corrected chi connectivity index (χ2v) is 9.38. The first-order valence-electron chi connectivity index (χ1n) is 11.8. The van der Waals surface area contributed by atoms with Crippen molar-refractivity contribution in [1.29, 1.82) is 0 Å². The molecule has 8 heteroatoms. The Morgan fingerprint density at radius 3 is 2.41 bits per heavy atom. The zero-order valence-electron chi connectivity index (χ0n) is 20.2. The Bertz CT molecular complexity index is 994. The number of amides is 1. The molecule has 1 aliphatic rings. The van der Waals surface area contributed by atoms with Crippen LogP contribution in [0.25, 0.3) is 0 Å². The average Bonchev–Trinajstić information content (AvgIpc) is 2.81. The molecule has 1 amide bonds. The highest BCUT2D eigenvalue weighted by molar-refractivity contribution is 9.10. The molecule has 1 aliphatic heterocycles. The summed E-state index contributed by atoms with van der Waals surface area (Å²) in [5.74, 6) is 2.42. The molecule has 0 radical (unpaired) electrons. The maximum atomic E-state index is 11.3. The third-order valence-electron chi connectivity index (χ3n) is 5.26. The summed E-state index contributed by atoms with van der Waals surface area (Å²) in [6, 6.07) is 12.3. The molecule has 0 fully saturated rings. The largest absolute Gasteiger partial charge is 0.494 e. The molecule has 184 valence electrons. The number of ether oxygens (including phenoxy) is 3. The minimum Gasteiger partial charge on any atom is -0.494 e. The van der Waals surface area contributed by atoms with Gasteiger partial charge in [0.25, 0.3) is 0 Å². The van der Waals surface area contributed by atoms with Crippen LogP contribution < -0.4 is 25.0 Å². The number of carbonyl (C=O) groups is 1. The molecular weight excluding hydrogens is 498 g/mol. The Kier molecular flexibility index (Phi) is 10.2. The highest BCUT2D eigenvalue weighted by Gasteiger charge is 2.14. The second kappa shape index (κ2) is 13.3. The quantitative estimate of drug-likeness (QED) is 0.356. The van der Waals surface area contributed by atoms with Gasteiger partial charge in [0.15, 0.2) is 0 Å². The summed E-state index contributed by atoms with van der Waals surface area (Å²) in [5.41, 5.74) is 5.49. The maximum absolute atomic E-state index is 11.3. The van der Waals surface area contributed by atoms with Crippen LogP contribution in [0.4, 0.5) is 0 Å². The lowest BCUT2D eigenvalue weighted by Gasteiger charge is -2.15. The molecule has 0 saturated carbocycles. The number of benzene rings is 2. The van der Waals surface area contributed by atoms with Crippen LogP contribution in [0.3, 0.4) is 0 Å². The van der Waals surface area contributed by atoms with Crippen LogP contribution in [0.1, 0.15) is 50.7 Å². The molecule has 0 bridgehead atoms. The van der Waals surface area contributed by atoms with Gasteiger partial charge in [-0.05, 0) is 83.3 Å². The number of nitrogens with zero attached hydrogens (tertiary/aromatic N) is 1. The van der Waals surface area contributed by atoms with Gasteiger partial charge in [-0.2, -0.15) is 5.10 Å². The summed E-state index contributed by atoms with van der Waals surface area (Å²) in [5, 5.41) is 7.53. The van der Waals surface area contributed by atoms with E-state index in [4.69, 9.17) is 14.2 Å². The number of nitrogens with one attached hydrogen (secondary N) is 2. The van der Waals surface area contributed by atoms with Crippen LogP contribution in [0, 0.1) is 6.92 Å². The van der Waals surface area contributed by atoms with Crippen LogP contribution in [0.2, 0.25) is 0 Å². The van der Waals surface area contributed by atoms with Gasteiger partial charge in [0.1, 0.15) is 17.2 Å². The van der Waals surface area contributed by atoms with Crippen LogP contribution in [0.5, 0.6) is 17.2 Å². The number of halogens is 1. The van der Waals surface area contributed by atoms with Crippen LogP contribution >= 0.6 is 15.9 Å². The van der Waals surface area contributed by atoms with Crippen molar-refractivity contribution < 1.29 is 19.0 Å². The van der Waals surface area contributed by atoms with E-state index >= 15 is 0 Å². The Hall–Kier alpha value is -2.58. The van der Waals surface area contributed by atoms with E-state index in [9.17, 15) is 4.79 Å². The Morgan fingerprint density at radius 1 is 1.00 bits per heavy atom. The molecule has 0 atom stereocenters. The van der Waals surface area contributed by atoms with Gasteiger partial charge >= 0.3 is 0 Å². The fourth-order valence-electron chi connectivity index (χ4n) is 3.44. The van der Waals surface area contributed by atoms with E-state index in [1.807, 2.05) is 43.3 Å². The Balaban J connectivity index is 1.37. The fraction of sp³-hybridized carbons (Fsp3) is 0.462. The fourth-order valence-corrected chi connectivity index (χ4v) is 3.91. The van der Waals surface area contributed by atoms with E-state index in [2.05, 4.69) is 45.6 Å². The molecule has 0 saturated heterocycles. The van der Waals surface area contributed by atoms with Crippen LogP contribution in [0.15, 0.2) is 46.0 Å². The van der Waals surface area contributed by atoms with E-state index in [0.717, 1.165) is 57.9 Å². The SMILES string of the molecule is Cc1cc(C2=NNC(=O)CC2)ccc1OCCCOc1ccc(OCCCNC(C)C)cc1Br. The molecule has 2 aromatic rings. The number of rotatable bonds is 13. The van der Waals surface area contributed by atoms with Gasteiger partial charge in [0, 0.05) is 25.3 Å². The molecule has 0 aliphatic carbocycles. The van der Waals surface area contributed by atoms with Gasteiger partial charge in [0.05, 0.1) is 30.0 Å². The summed E-state index contributed by atoms with van der Waals surface area (Å²) in [6.07, 6.45) is 2.84. The van der Waals surface area contributed by atoms with Crippen molar-refractivity contribution in [2.75, 3.05) is 26.4 Å². The van der Waals surface area contributed by atoms with Gasteiger partial charge in [0.2, 0.25) is 5.91 Å². The molecule has 0 aromatic heterocycles. The summed E-state index contributed by atoms with van der Waals surface area (Å²) in [7, 11) is 0. The molecular formula is C26H34BrN3O4. The van der Waals surface area contributed by atoms with Crippen LogP contribution in [-0.2, 0) is 4.79 Å². The van der Waals surface area contributed by atoms with Gasteiger partial charge in [-0.1, -0.05) is 13.8 Å². The number of carbonyl (C=O) groups excluding carboxylic acids is 1. The van der Waals surface area contributed by atoms with Gasteiger partial charge in [-0.15, -0.1) is 0 Å². The number of aryl methyl sites for hydroxylation is 1. The first-order valence-corrected chi connectivity index (χ1v) is 12.6. The van der Waals surface area contributed by atoms with Gasteiger partial charge < -0.3 is 19.5 Å². The smallest absolute Gasteiger partial charge is 0.240 e. The number of hydrogen-bond donors (Lipinski definition) is 2. The summed E-state index contributed by atoms with van der Waals surface area (Å²) in [6.45, 7) is 9.01. The molecule has 1 heterocycles. The molecule has 0 spiro atoms. The first-order chi connectivity index (χ1) is 16.4. The Labute approximate surface area is 210 Å². The first kappa shape index (κ1) is 26.0. The summed E-state index contributed by atoms with van der Waals surface area (Å²) < 4.78 is 18.5. The van der Waals surface area contributed by atoms with Crippen molar-refractivity contribution in [1.82, 2.24) is 10.7 Å². The predicted octanol–water partition coefficient (Wildman–Crippen LogP) is 4.99. The van der Waals surface area contributed by atoms with Crippen molar-refractivity contribution in [3.05, 3.63) is 52.0 Å². The number of hydrogen-bond acceptors (Lipinski definition) is 6. The van der Waals surface area contributed by atoms with Crippen molar-refractivity contribution in [3.63, 3.8) is 0 Å². The predicted molar refractivity (Wildman–Crippen MR) is 138 cm³/mol. The zero-order chi connectivity index (χ0) is 24.3. The van der Waals surface area contributed by atoms with E-state index in [1.165, 1.54) is 0 Å². The topological polar surface area (TPSA) is 81.2 Å². The zero-order valence-corrected chi connectivity index (χ0v) is 21.7. The maximum Gasteiger partial charge on any atom is 0.240 e. The molecule has 0 unspecified atom stereocenters. The Morgan fingerprint density at radius 2 is 1.74 bits per heavy atom. The molecule has 2 N–H and O–H groups in total.